The first-order valence-electron chi connectivity index (χ1n) is 6.51. The van der Waals surface area contributed by atoms with Crippen LogP contribution in [0.2, 0.25) is 0 Å². The summed E-state index contributed by atoms with van der Waals surface area (Å²) in [5, 5.41) is 0. The van der Waals surface area contributed by atoms with Gasteiger partial charge in [0.2, 0.25) is 10.0 Å². The molecular formula is C12H21NO2S. The zero-order valence-corrected chi connectivity index (χ0v) is 10.8. The maximum absolute atomic E-state index is 12.3. The molecular weight excluding hydrogens is 222 g/mol. The summed E-state index contributed by atoms with van der Waals surface area (Å²) in [6.45, 7) is 1.88. The van der Waals surface area contributed by atoms with Crippen molar-refractivity contribution in [2.75, 3.05) is 0 Å². The van der Waals surface area contributed by atoms with Crippen molar-refractivity contribution in [3.05, 3.63) is 0 Å². The van der Waals surface area contributed by atoms with Crippen LogP contribution in [0.1, 0.15) is 58.3 Å². The monoisotopic (exact) mass is 243 g/mol. The van der Waals surface area contributed by atoms with Crippen molar-refractivity contribution in [3.8, 4) is 0 Å². The normalized spacial score (nSPS) is 31.6. The Bertz CT molecular complexity index is 389. The summed E-state index contributed by atoms with van der Waals surface area (Å²) in [5.74, 6) is 0.623. The lowest BCUT2D eigenvalue weighted by Crippen LogP contribution is -2.61. The van der Waals surface area contributed by atoms with E-state index in [0.717, 1.165) is 25.7 Å². The lowest BCUT2D eigenvalue weighted by molar-refractivity contribution is 0.0729. The first kappa shape index (κ1) is 11.0. The van der Waals surface area contributed by atoms with E-state index in [-0.39, 0.29) is 5.54 Å². The molecule has 3 saturated carbocycles. The van der Waals surface area contributed by atoms with Crippen molar-refractivity contribution in [3.63, 3.8) is 0 Å². The Labute approximate surface area is 98.0 Å². The molecule has 3 fully saturated rings. The highest BCUT2D eigenvalue weighted by Gasteiger charge is 2.56. The minimum absolute atomic E-state index is 0.0390. The Morgan fingerprint density at radius 3 is 2.00 bits per heavy atom. The highest BCUT2D eigenvalue weighted by molar-refractivity contribution is 7.91. The maximum Gasteiger partial charge on any atom is 0.217 e. The highest BCUT2D eigenvalue weighted by Crippen LogP contribution is 2.50. The van der Waals surface area contributed by atoms with Gasteiger partial charge < -0.3 is 0 Å². The van der Waals surface area contributed by atoms with Gasteiger partial charge in [-0.3, -0.25) is 0 Å². The third-order valence-corrected chi connectivity index (χ3v) is 7.45. The zero-order chi connectivity index (χ0) is 11.4. The fourth-order valence-corrected chi connectivity index (χ4v) is 4.74. The molecule has 0 aromatic heterocycles. The minimum Gasteiger partial charge on any atom is -0.212 e. The number of hydrogen-bond acceptors (Lipinski definition) is 2. The van der Waals surface area contributed by atoms with E-state index in [2.05, 4.69) is 4.72 Å². The molecule has 0 unspecified atom stereocenters. The van der Waals surface area contributed by atoms with E-state index in [9.17, 15) is 8.42 Å². The van der Waals surface area contributed by atoms with Crippen molar-refractivity contribution in [2.45, 2.75) is 68.6 Å². The van der Waals surface area contributed by atoms with Crippen LogP contribution in [-0.2, 0) is 10.0 Å². The van der Waals surface area contributed by atoms with Gasteiger partial charge in [0.25, 0.3) is 0 Å². The molecule has 3 aliphatic rings. The maximum atomic E-state index is 12.3. The van der Waals surface area contributed by atoms with Gasteiger partial charge in [-0.2, -0.15) is 0 Å². The molecule has 3 rings (SSSR count). The van der Waals surface area contributed by atoms with Crippen molar-refractivity contribution >= 4 is 10.0 Å². The summed E-state index contributed by atoms with van der Waals surface area (Å²) in [7, 11) is -3.08. The van der Waals surface area contributed by atoms with Crippen LogP contribution in [0, 0.1) is 5.92 Å². The van der Waals surface area contributed by atoms with Crippen molar-refractivity contribution in [2.24, 2.45) is 5.92 Å². The number of rotatable bonds is 4. The second-order valence-electron chi connectivity index (χ2n) is 6.19. The third kappa shape index (κ3) is 1.46. The largest absolute Gasteiger partial charge is 0.217 e. The SMILES string of the molecule is CC1(S(=O)(=O)NC2(C3CCC3)CCC2)CC1. The summed E-state index contributed by atoms with van der Waals surface area (Å²) in [4.78, 5) is 0. The van der Waals surface area contributed by atoms with E-state index in [1.54, 1.807) is 0 Å². The molecule has 0 aliphatic heterocycles. The zero-order valence-electron chi connectivity index (χ0n) is 9.96. The van der Waals surface area contributed by atoms with Gasteiger partial charge in [-0.05, 0) is 57.8 Å². The van der Waals surface area contributed by atoms with Crippen molar-refractivity contribution < 1.29 is 8.42 Å². The Balaban J connectivity index is 1.77. The summed E-state index contributed by atoms with van der Waals surface area (Å²) in [6.07, 6.45) is 8.71. The molecule has 0 saturated heterocycles. The second kappa shape index (κ2) is 3.22. The van der Waals surface area contributed by atoms with Crippen LogP contribution in [-0.4, -0.2) is 18.7 Å². The second-order valence-corrected chi connectivity index (χ2v) is 8.39. The van der Waals surface area contributed by atoms with Crippen LogP contribution in [0.3, 0.4) is 0 Å². The molecule has 0 atom stereocenters. The Kier molecular flexibility index (Phi) is 2.22. The van der Waals surface area contributed by atoms with E-state index < -0.39 is 14.8 Å². The van der Waals surface area contributed by atoms with E-state index in [1.165, 1.54) is 25.7 Å². The molecule has 0 bridgehead atoms. The molecule has 0 aromatic carbocycles. The van der Waals surface area contributed by atoms with Crippen LogP contribution in [0.5, 0.6) is 0 Å². The van der Waals surface area contributed by atoms with Crippen molar-refractivity contribution in [1.82, 2.24) is 4.72 Å². The average Bonchev–Trinajstić information content (AvgIpc) is 2.77. The van der Waals surface area contributed by atoms with Crippen LogP contribution in [0.15, 0.2) is 0 Å². The van der Waals surface area contributed by atoms with Crippen LogP contribution in [0.25, 0.3) is 0 Å². The van der Waals surface area contributed by atoms with Gasteiger partial charge in [0, 0.05) is 5.54 Å². The number of nitrogens with one attached hydrogen (secondary N) is 1. The Morgan fingerprint density at radius 2 is 1.69 bits per heavy atom. The quantitative estimate of drug-likeness (QED) is 0.822. The van der Waals surface area contributed by atoms with Gasteiger partial charge in [-0.1, -0.05) is 6.42 Å². The van der Waals surface area contributed by atoms with E-state index >= 15 is 0 Å². The van der Waals surface area contributed by atoms with Gasteiger partial charge >= 0.3 is 0 Å². The molecule has 1 N–H and O–H groups in total. The van der Waals surface area contributed by atoms with E-state index in [0.29, 0.717) is 5.92 Å². The van der Waals surface area contributed by atoms with Crippen LogP contribution < -0.4 is 4.72 Å². The van der Waals surface area contributed by atoms with Gasteiger partial charge in [0.05, 0.1) is 4.75 Å². The standard InChI is InChI=1S/C12H21NO2S/c1-11(8-9-11)16(14,15)13-12(6-3-7-12)10-4-2-5-10/h10,13H,2-9H2,1H3. The fraction of sp³-hybridized carbons (Fsp3) is 1.00. The van der Waals surface area contributed by atoms with Gasteiger partial charge in [0.15, 0.2) is 0 Å². The molecule has 92 valence electrons. The third-order valence-electron chi connectivity index (χ3n) is 5.07. The summed E-state index contributed by atoms with van der Waals surface area (Å²) in [6, 6.07) is 0. The predicted octanol–water partition coefficient (Wildman–Crippen LogP) is 2.18. The van der Waals surface area contributed by atoms with Crippen molar-refractivity contribution in [1.29, 1.82) is 0 Å². The highest BCUT2D eigenvalue weighted by atomic mass is 32.2. The number of hydrogen-bond donors (Lipinski definition) is 1. The minimum atomic E-state index is -3.08. The van der Waals surface area contributed by atoms with Crippen LogP contribution >= 0.6 is 0 Å². The van der Waals surface area contributed by atoms with Crippen LogP contribution in [0.4, 0.5) is 0 Å². The number of sulfonamides is 1. The summed E-state index contributed by atoms with van der Waals surface area (Å²) in [5.41, 5.74) is -0.0390. The molecule has 16 heavy (non-hydrogen) atoms. The fourth-order valence-electron chi connectivity index (χ4n) is 2.95. The summed E-state index contributed by atoms with van der Waals surface area (Å²) < 4.78 is 27.2. The molecule has 0 radical (unpaired) electrons. The molecule has 3 nitrogen and oxygen atoms in total. The van der Waals surface area contributed by atoms with E-state index in [4.69, 9.17) is 0 Å². The lowest BCUT2D eigenvalue weighted by atomic mass is 9.61. The molecule has 3 aliphatic carbocycles. The van der Waals surface area contributed by atoms with Gasteiger partial charge in [-0.15, -0.1) is 0 Å². The van der Waals surface area contributed by atoms with Gasteiger partial charge in [-0.25, -0.2) is 13.1 Å². The molecule has 4 heteroatoms. The smallest absolute Gasteiger partial charge is 0.212 e. The Morgan fingerprint density at radius 1 is 1.06 bits per heavy atom. The summed E-state index contributed by atoms with van der Waals surface area (Å²) >= 11 is 0. The lowest BCUT2D eigenvalue weighted by Gasteiger charge is -2.52. The Hall–Kier alpha value is -0.0900. The topological polar surface area (TPSA) is 46.2 Å². The molecule has 0 aromatic rings. The first-order chi connectivity index (χ1) is 7.48. The molecule has 0 amide bonds. The first-order valence-corrected chi connectivity index (χ1v) is 7.99. The molecule has 0 heterocycles. The van der Waals surface area contributed by atoms with E-state index in [1.807, 2.05) is 6.92 Å². The molecule has 0 spiro atoms. The van der Waals surface area contributed by atoms with Gasteiger partial charge in [0.1, 0.15) is 0 Å². The average molecular weight is 243 g/mol. The predicted molar refractivity (Wildman–Crippen MR) is 63.6 cm³/mol.